The molecule has 2 N–H and O–H groups in total. The van der Waals surface area contributed by atoms with Gasteiger partial charge in [-0.3, -0.25) is 0 Å². The van der Waals surface area contributed by atoms with E-state index in [4.69, 9.17) is 16.6 Å². The Morgan fingerprint density at radius 3 is 2.33 bits per heavy atom. The average molecular weight is 745 g/mol. The molecular formula is C35H27BBrFN2O6S2. The monoisotopic (exact) mass is 744 g/mol. The van der Waals surface area contributed by atoms with Gasteiger partial charge in [0.15, 0.2) is 0 Å². The number of fused-ring (bicyclic) bond motifs is 1. The van der Waals surface area contributed by atoms with Crippen molar-refractivity contribution in [3.05, 3.63) is 135 Å². The third-order valence-corrected chi connectivity index (χ3v) is 10.7. The summed E-state index contributed by atoms with van der Waals surface area (Å²) in [5.74, 6) is -0.932. The Bertz CT molecular complexity index is 2310. The SMILES string of the molecule is COC(=O)c1ccc(B(O)O)cc1.[C-]#[N+]c1sccc1-c1c(-c2cccc(Br)c2)n(S(=O)(=O)c2ccc(C)c(C)c2)c2ccc(F)cc12. The molecule has 2 heterocycles. The molecule has 0 bridgehead atoms. The van der Waals surface area contributed by atoms with Crippen molar-refractivity contribution < 1.29 is 32.4 Å². The van der Waals surface area contributed by atoms with Gasteiger partial charge in [-0.05, 0) is 90.4 Å². The first-order chi connectivity index (χ1) is 22.9. The molecule has 242 valence electrons. The maximum absolute atomic E-state index is 14.5. The van der Waals surface area contributed by atoms with Gasteiger partial charge in [-0.25, -0.2) is 26.4 Å². The lowest BCUT2D eigenvalue weighted by atomic mass is 9.80. The Balaban J connectivity index is 0.000000292. The van der Waals surface area contributed by atoms with Crippen LogP contribution in [0.15, 0.2) is 106 Å². The fourth-order valence-corrected chi connectivity index (χ4v) is 7.84. The van der Waals surface area contributed by atoms with E-state index in [1.807, 2.05) is 38.1 Å². The minimum absolute atomic E-state index is 0.139. The average Bonchev–Trinajstić information content (AvgIpc) is 3.68. The van der Waals surface area contributed by atoms with Crippen molar-refractivity contribution >= 4 is 71.7 Å². The van der Waals surface area contributed by atoms with Gasteiger partial charge < -0.3 is 14.8 Å². The van der Waals surface area contributed by atoms with E-state index in [0.717, 1.165) is 15.6 Å². The van der Waals surface area contributed by atoms with E-state index in [1.54, 1.807) is 29.6 Å². The fraction of sp³-hybridized carbons (Fsp3) is 0.0857. The van der Waals surface area contributed by atoms with Crippen molar-refractivity contribution in [3.63, 3.8) is 0 Å². The second kappa shape index (κ2) is 14.3. The lowest BCUT2D eigenvalue weighted by Crippen LogP contribution is -2.29. The Labute approximate surface area is 289 Å². The van der Waals surface area contributed by atoms with Crippen molar-refractivity contribution in [2.75, 3.05) is 7.11 Å². The van der Waals surface area contributed by atoms with Crippen LogP contribution in [0.3, 0.4) is 0 Å². The molecule has 2 aromatic heterocycles. The minimum Gasteiger partial charge on any atom is -0.465 e. The van der Waals surface area contributed by atoms with Crippen LogP contribution < -0.4 is 5.46 Å². The Kier molecular flexibility index (Phi) is 10.3. The van der Waals surface area contributed by atoms with Gasteiger partial charge in [-0.15, -0.1) is 0 Å². The first-order valence-corrected chi connectivity index (χ1v) is 17.4. The number of aromatic nitrogens is 1. The second-order valence-electron chi connectivity index (χ2n) is 10.6. The number of methoxy groups -OCH3 is 1. The molecule has 0 radical (unpaired) electrons. The topological polar surface area (TPSA) is 110 Å². The van der Waals surface area contributed by atoms with E-state index >= 15 is 0 Å². The second-order valence-corrected chi connectivity index (χ2v) is 14.2. The van der Waals surface area contributed by atoms with Crippen molar-refractivity contribution in [2.45, 2.75) is 18.7 Å². The summed E-state index contributed by atoms with van der Waals surface area (Å²) >= 11 is 4.75. The largest absolute Gasteiger partial charge is 0.488 e. The molecule has 13 heteroatoms. The predicted molar refractivity (Wildman–Crippen MR) is 191 cm³/mol. The van der Waals surface area contributed by atoms with Gasteiger partial charge in [0.25, 0.3) is 10.0 Å². The van der Waals surface area contributed by atoms with E-state index in [-0.39, 0.29) is 4.90 Å². The molecule has 0 aliphatic heterocycles. The van der Waals surface area contributed by atoms with Crippen molar-refractivity contribution in [2.24, 2.45) is 0 Å². The van der Waals surface area contributed by atoms with Gasteiger partial charge in [-0.2, -0.15) is 11.3 Å². The van der Waals surface area contributed by atoms with Gasteiger partial charge in [-0.1, -0.05) is 52.3 Å². The summed E-state index contributed by atoms with van der Waals surface area (Å²) in [7, 11) is -4.31. The quantitative estimate of drug-likeness (QED) is 0.104. The zero-order valence-electron chi connectivity index (χ0n) is 25.8. The normalized spacial score (nSPS) is 11.0. The van der Waals surface area contributed by atoms with Crippen LogP contribution in [0.5, 0.6) is 0 Å². The minimum atomic E-state index is -4.09. The fourth-order valence-electron chi connectivity index (χ4n) is 5.12. The summed E-state index contributed by atoms with van der Waals surface area (Å²) < 4.78 is 49.5. The standard InChI is InChI=1S/C27H18BrFN2O2S2.C8H9BO4/c1-16-7-9-21(13-17(16)2)35(32,33)31-24-10-8-20(29)15-23(24)25(22-11-12-34-27(22)30-3)26(31)18-5-4-6-19(28)14-18;1-13-8(10)6-2-4-7(5-3-6)9(11)12/h4-15H,1-2H3;2-5,11-12H,1H3. The molecule has 4 aromatic carbocycles. The molecule has 0 spiro atoms. The third-order valence-electron chi connectivity index (χ3n) is 7.65. The molecule has 8 nitrogen and oxygen atoms in total. The van der Waals surface area contributed by atoms with E-state index in [2.05, 4.69) is 25.5 Å². The zero-order valence-corrected chi connectivity index (χ0v) is 29.0. The highest BCUT2D eigenvalue weighted by molar-refractivity contribution is 9.10. The van der Waals surface area contributed by atoms with Crippen LogP contribution in [0.25, 0.3) is 38.1 Å². The summed E-state index contributed by atoms with van der Waals surface area (Å²) in [6.07, 6.45) is 0. The van der Waals surface area contributed by atoms with E-state index < -0.39 is 28.9 Å². The number of ether oxygens (including phenoxy) is 1. The molecule has 0 aliphatic rings. The Morgan fingerprint density at radius 2 is 1.71 bits per heavy atom. The summed E-state index contributed by atoms with van der Waals surface area (Å²) in [6.45, 7) is 11.4. The molecule has 0 aliphatic carbocycles. The number of carbonyl (C=O) groups excluding carboxylic acids is 1. The molecule has 6 aromatic rings. The van der Waals surface area contributed by atoms with Crippen molar-refractivity contribution in [1.29, 1.82) is 0 Å². The van der Waals surface area contributed by atoms with Gasteiger partial charge in [0, 0.05) is 26.5 Å². The van der Waals surface area contributed by atoms with E-state index in [0.29, 0.717) is 49.3 Å². The highest BCUT2D eigenvalue weighted by atomic mass is 79.9. The lowest BCUT2D eigenvalue weighted by Gasteiger charge is -2.15. The summed E-state index contributed by atoms with van der Waals surface area (Å²) in [4.78, 5) is 14.7. The van der Waals surface area contributed by atoms with Crippen molar-refractivity contribution in [1.82, 2.24) is 3.97 Å². The van der Waals surface area contributed by atoms with Crippen LogP contribution in [-0.4, -0.2) is 42.6 Å². The van der Waals surface area contributed by atoms with Crippen LogP contribution in [0.4, 0.5) is 9.39 Å². The Hall–Kier alpha value is -4.58. The number of nitrogens with zero attached hydrogens (tertiary/aromatic N) is 2. The number of benzene rings is 4. The van der Waals surface area contributed by atoms with Gasteiger partial charge >= 0.3 is 13.1 Å². The molecular weight excluding hydrogens is 718 g/mol. The first-order valence-electron chi connectivity index (χ1n) is 14.3. The summed E-state index contributed by atoms with van der Waals surface area (Å²) in [6, 6.07) is 24.0. The number of carbonyl (C=O) groups is 1. The van der Waals surface area contributed by atoms with Crippen LogP contribution in [-0.2, 0) is 14.8 Å². The number of esters is 1. The van der Waals surface area contributed by atoms with Crippen LogP contribution in [0.2, 0.25) is 0 Å². The number of thiophene rings is 1. The highest BCUT2D eigenvalue weighted by Gasteiger charge is 2.30. The number of aryl methyl sites for hydroxylation is 2. The van der Waals surface area contributed by atoms with E-state index in [1.165, 1.54) is 64.9 Å². The number of hydrogen-bond donors (Lipinski definition) is 2. The molecule has 0 fully saturated rings. The van der Waals surface area contributed by atoms with Gasteiger partial charge in [0.2, 0.25) is 5.00 Å². The number of halogens is 2. The maximum atomic E-state index is 14.5. The molecule has 0 saturated heterocycles. The third kappa shape index (κ3) is 6.85. The molecule has 0 unspecified atom stereocenters. The van der Waals surface area contributed by atoms with Crippen LogP contribution in [0, 0.1) is 26.2 Å². The van der Waals surface area contributed by atoms with Crippen molar-refractivity contribution in [3.8, 4) is 22.4 Å². The summed E-state index contributed by atoms with van der Waals surface area (Å²) in [5.41, 5.74) is 4.99. The number of rotatable bonds is 6. The molecule has 0 amide bonds. The molecule has 0 atom stereocenters. The van der Waals surface area contributed by atoms with Crippen LogP contribution >= 0.6 is 27.3 Å². The summed E-state index contributed by atoms with van der Waals surface area (Å²) in [5, 5.41) is 20.1. The first kappa shape index (κ1) is 34.8. The molecule has 6 rings (SSSR count). The Morgan fingerprint density at radius 1 is 0.979 bits per heavy atom. The van der Waals surface area contributed by atoms with Gasteiger partial charge in [0.05, 0.1) is 35.4 Å². The predicted octanol–water partition coefficient (Wildman–Crippen LogP) is 7.50. The van der Waals surface area contributed by atoms with E-state index in [9.17, 15) is 17.6 Å². The molecule has 0 saturated carbocycles. The zero-order chi connectivity index (χ0) is 34.7. The number of hydrogen-bond acceptors (Lipinski definition) is 7. The smallest absolute Gasteiger partial charge is 0.465 e. The lowest BCUT2D eigenvalue weighted by molar-refractivity contribution is 0.0600. The maximum Gasteiger partial charge on any atom is 0.488 e. The van der Waals surface area contributed by atoms with Crippen LogP contribution in [0.1, 0.15) is 21.5 Å². The van der Waals surface area contributed by atoms with Gasteiger partial charge in [0.1, 0.15) is 5.82 Å². The molecule has 48 heavy (non-hydrogen) atoms. The highest BCUT2D eigenvalue weighted by Crippen LogP contribution is 2.48.